The average Bonchev–Trinajstić information content (AvgIpc) is 2.90. The molecule has 0 aliphatic heterocycles. The number of rotatable bonds is 0. The van der Waals surface area contributed by atoms with Crippen LogP contribution in [-0.2, 0) is 0 Å². The predicted octanol–water partition coefficient (Wildman–Crippen LogP) is 1.18. The van der Waals surface area contributed by atoms with E-state index in [4.69, 9.17) is 0 Å². The molecule has 7 heteroatoms. The molecule has 4 aromatic rings. The predicted molar refractivity (Wildman–Crippen MR) is 64.3 cm³/mol. The van der Waals surface area contributed by atoms with E-state index in [0.717, 1.165) is 20.4 Å². The zero-order valence-electron chi connectivity index (χ0n) is 8.41. The second-order valence-electron chi connectivity index (χ2n) is 3.59. The molecule has 0 bridgehead atoms. The van der Waals surface area contributed by atoms with E-state index in [-0.39, 0.29) is 5.69 Å². The lowest BCUT2D eigenvalue weighted by atomic mass is 10.2. The Labute approximate surface area is 97.6 Å². The van der Waals surface area contributed by atoms with Gasteiger partial charge in [-0.1, -0.05) is 11.3 Å². The smallest absolute Gasteiger partial charge is 0.297 e. The second-order valence-corrected chi connectivity index (χ2v) is 4.59. The molecule has 4 heterocycles. The maximum atomic E-state index is 11.7. The third kappa shape index (κ3) is 1.03. The van der Waals surface area contributed by atoms with Gasteiger partial charge in [0.1, 0.15) is 16.0 Å². The van der Waals surface area contributed by atoms with Gasteiger partial charge < -0.3 is 0 Å². The Hall–Kier alpha value is -2.28. The molecule has 0 atom stereocenters. The molecule has 1 N–H and O–H groups in total. The Balaban J connectivity index is 2.46. The van der Waals surface area contributed by atoms with Crippen molar-refractivity contribution in [2.24, 2.45) is 0 Å². The first-order valence-electron chi connectivity index (χ1n) is 4.94. The van der Waals surface area contributed by atoms with Gasteiger partial charge in [0.25, 0.3) is 0 Å². The van der Waals surface area contributed by atoms with Gasteiger partial charge in [-0.25, -0.2) is 14.8 Å². The summed E-state index contributed by atoms with van der Waals surface area (Å²) in [5.41, 5.74) is 0.291. The van der Waals surface area contributed by atoms with Gasteiger partial charge in [-0.05, 0) is 12.1 Å². The molecule has 0 aliphatic carbocycles. The first-order valence-corrected chi connectivity index (χ1v) is 5.75. The molecular weight excluding hydrogens is 238 g/mol. The van der Waals surface area contributed by atoms with Gasteiger partial charge in [0.2, 0.25) is 0 Å². The molecule has 0 radical (unpaired) electrons. The Morgan fingerprint density at radius 1 is 1.35 bits per heavy atom. The van der Waals surface area contributed by atoms with Crippen molar-refractivity contribution in [2.75, 3.05) is 0 Å². The molecular formula is C10H5N5OS. The number of hydrogen-bond acceptors (Lipinski definition) is 5. The average molecular weight is 243 g/mol. The number of nitrogens with zero attached hydrogens (tertiary/aromatic N) is 4. The Kier molecular flexibility index (Phi) is 1.50. The van der Waals surface area contributed by atoms with E-state index in [9.17, 15) is 4.79 Å². The van der Waals surface area contributed by atoms with Crippen LogP contribution in [0.15, 0.2) is 29.5 Å². The molecule has 0 saturated heterocycles. The lowest BCUT2D eigenvalue weighted by molar-refractivity contribution is 0.884. The van der Waals surface area contributed by atoms with Gasteiger partial charge >= 0.3 is 5.69 Å². The normalized spacial score (nSPS) is 11.8. The van der Waals surface area contributed by atoms with E-state index >= 15 is 0 Å². The minimum absolute atomic E-state index is 0.281. The third-order valence-electron chi connectivity index (χ3n) is 2.65. The Morgan fingerprint density at radius 3 is 3.24 bits per heavy atom. The quantitative estimate of drug-likeness (QED) is 0.503. The number of hydrogen-bond donors (Lipinski definition) is 1. The summed E-state index contributed by atoms with van der Waals surface area (Å²) in [6, 6.07) is 3.83. The van der Waals surface area contributed by atoms with E-state index in [1.54, 1.807) is 6.20 Å². The van der Waals surface area contributed by atoms with Gasteiger partial charge in [-0.3, -0.25) is 4.98 Å². The number of aromatic nitrogens is 5. The minimum Gasteiger partial charge on any atom is -0.297 e. The summed E-state index contributed by atoms with van der Waals surface area (Å²) in [7, 11) is 0. The van der Waals surface area contributed by atoms with Gasteiger partial charge in [-0.2, -0.15) is 9.61 Å². The summed E-state index contributed by atoms with van der Waals surface area (Å²) in [4.78, 5) is 24.6. The Morgan fingerprint density at radius 2 is 2.29 bits per heavy atom. The third-order valence-corrected chi connectivity index (χ3v) is 3.68. The minimum atomic E-state index is -0.281. The highest BCUT2D eigenvalue weighted by molar-refractivity contribution is 7.25. The highest BCUT2D eigenvalue weighted by Crippen LogP contribution is 2.31. The van der Waals surface area contributed by atoms with Gasteiger partial charge in [-0.15, -0.1) is 0 Å². The number of fused-ring (bicyclic) bond motifs is 5. The van der Waals surface area contributed by atoms with Gasteiger partial charge in [0.15, 0.2) is 5.65 Å². The molecule has 0 saturated carbocycles. The molecule has 0 aliphatic rings. The van der Waals surface area contributed by atoms with Crippen LogP contribution in [0.2, 0.25) is 0 Å². The van der Waals surface area contributed by atoms with Crippen molar-refractivity contribution in [1.82, 2.24) is 24.6 Å². The highest BCUT2D eigenvalue weighted by atomic mass is 32.1. The van der Waals surface area contributed by atoms with Crippen molar-refractivity contribution in [3.05, 3.63) is 35.1 Å². The van der Waals surface area contributed by atoms with Crippen molar-refractivity contribution in [3.63, 3.8) is 0 Å². The fraction of sp³-hybridized carbons (Fsp3) is 0. The number of thiophene rings is 1. The SMILES string of the molecule is O=c1[nH]c2sc3ncccc3c2c2ncnn12. The maximum absolute atomic E-state index is 11.7. The Bertz CT molecular complexity index is 919. The van der Waals surface area contributed by atoms with Crippen molar-refractivity contribution in [1.29, 1.82) is 0 Å². The summed E-state index contributed by atoms with van der Waals surface area (Å²) in [5.74, 6) is 0. The standard InChI is InChI=1S/C10H5N5OS/c16-10-14-9-6(7-12-4-13-15(7)10)5-2-1-3-11-8(5)17-9/h1-4H,(H,14,16). The van der Waals surface area contributed by atoms with E-state index in [1.165, 1.54) is 22.2 Å². The van der Waals surface area contributed by atoms with Crippen molar-refractivity contribution < 1.29 is 0 Å². The van der Waals surface area contributed by atoms with Gasteiger partial charge in [0, 0.05) is 11.6 Å². The van der Waals surface area contributed by atoms with Crippen LogP contribution in [0.25, 0.3) is 26.1 Å². The van der Waals surface area contributed by atoms with Crippen LogP contribution in [0.4, 0.5) is 0 Å². The van der Waals surface area contributed by atoms with Crippen LogP contribution in [0.3, 0.4) is 0 Å². The summed E-state index contributed by atoms with van der Waals surface area (Å²) in [6.45, 7) is 0. The van der Waals surface area contributed by atoms with Crippen LogP contribution in [0.1, 0.15) is 0 Å². The van der Waals surface area contributed by atoms with Crippen LogP contribution >= 0.6 is 11.3 Å². The molecule has 0 spiro atoms. The summed E-state index contributed by atoms with van der Waals surface area (Å²) in [6.07, 6.45) is 3.11. The molecule has 4 aromatic heterocycles. The molecule has 0 fully saturated rings. The van der Waals surface area contributed by atoms with Crippen LogP contribution in [0.5, 0.6) is 0 Å². The molecule has 4 rings (SSSR count). The molecule has 17 heavy (non-hydrogen) atoms. The van der Waals surface area contributed by atoms with Crippen molar-refractivity contribution in [3.8, 4) is 0 Å². The zero-order valence-corrected chi connectivity index (χ0v) is 9.23. The fourth-order valence-corrected chi connectivity index (χ4v) is 2.98. The zero-order chi connectivity index (χ0) is 11.4. The summed E-state index contributed by atoms with van der Waals surface area (Å²) in [5, 5.41) is 5.79. The second kappa shape index (κ2) is 2.89. The highest BCUT2D eigenvalue weighted by Gasteiger charge is 2.13. The molecule has 0 amide bonds. The molecule has 82 valence electrons. The lowest BCUT2D eigenvalue weighted by Crippen LogP contribution is -2.16. The number of H-pyrrole nitrogens is 1. The van der Waals surface area contributed by atoms with E-state index in [0.29, 0.717) is 5.65 Å². The first-order chi connectivity index (χ1) is 8.34. The largest absolute Gasteiger partial charge is 0.349 e. The monoisotopic (exact) mass is 243 g/mol. The number of nitrogens with one attached hydrogen (secondary N) is 1. The van der Waals surface area contributed by atoms with Crippen LogP contribution < -0.4 is 5.69 Å². The van der Waals surface area contributed by atoms with Gasteiger partial charge in [0.05, 0.1) is 5.39 Å². The number of pyridine rings is 1. The van der Waals surface area contributed by atoms with Crippen molar-refractivity contribution >= 4 is 37.4 Å². The van der Waals surface area contributed by atoms with E-state index < -0.39 is 0 Å². The molecule has 0 unspecified atom stereocenters. The summed E-state index contributed by atoms with van der Waals surface area (Å²) >= 11 is 1.45. The molecule has 6 nitrogen and oxygen atoms in total. The summed E-state index contributed by atoms with van der Waals surface area (Å²) < 4.78 is 1.27. The topological polar surface area (TPSA) is 75.9 Å². The van der Waals surface area contributed by atoms with Crippen LogP contribution in [-0.4, -0.2) is 24.6 Å². The fourth-order valence-electron chi connectivity index (χ4n) is 1.95. The number of aromatic amines is 1. The van der Waals surface area contributed by atoms with Crippen LogP contribution in [0, 0.1) is 0 Å². The van der Waals surface area contributed by atoms with E-state index in [2.05, 4.69) is 20.1 Å². The lowest BCUT2D eigenvalue weighted by Gasteiger charge is -1.93. The maximum Gasteiger partial charge on any atom is 0.349 e. The first kappa shape index (κ1) is 8.82. The molecule has 0 aromatic carbocycles. The van der Waals surface area contributed by atoms with Crippen molar-refractivity contribution in [2.45, 2.75) is 0 Å². The van der Waals surface area contributed by atoms with E-state index in [1.807, 2.05) is 12.1 Å².